The lowest BCUT2D eigenvalue weighted by atomic mass is 10.0. The number of hydrogen-bond acceptors (Lipinski definition) is 3. The molecule has 0 aromatic carbocycles. The smallest absolute Gasteiger partial charge is 0.221 e. The van der Waals surface area contributed by atoms with Gasteiger partial charge in [-0.05, 0) is 31.6 Å². The Morgan fingerprint density at radius 1 is 1.47 bits per heavy atom. The number of hydrogen-bond donors (Lipinski definition) is 2. The first kappa shape index (κ1) is 12.8. The predicted octanol–water partition coefficient (Wildman–Crippen LogP) is 1.19. The summed E-state index contributed by atoms with van der Waals surface area (Å²) < 4.78 is 5.70. The lowest BCUT2D eigenvalue weighted by Crippen LogP contribution is -2.43. The van der Waals surface area contributed by atoms with Gasteiger partial charge < -0.3 is 15.8 Å². The van der Waals surface area contributed by atoms with E-state index in [1.165, 1.54) is 12.8 Å². The lowest BCUT2D eigenvalue weighted by Gasteiger charge is -2.20. The van der Waals surface area contributed by atoms with E-state index >= 15 is 0 Å². The zero-order valence-corrected chi connectivity index (χ0v) is 10.7. The number of amides is 1. The SMILES string of the molecule is CCCC(N)CC(=O)NC1CCOC1C1CC1. The largest absolute Gasteiger partial charge is 0.376 e. The third-order valence-electron chi connectivity index (χ3n) is 3.68. The van der Waals surface area contributed by atoms with Crippen LogP contribution in [0.15, 0.2) is 0 Å². The maximum atomic E-state index is 11.8. The molecule has 1 aliphatic heterocycles. The molecule has 4 heteroatoms. The van der Waals surface area contributed by atoms with E-state index in [4.69, 9.17) is 10.5 Å². The Morgan fingerprint density at radius 2 is 2.24 bits per heavy atom. The van der Waals surface area contributed by atoms with Crippen LogP contribution < -0.4 is 11.1 Å². The van der Waals surface area contributed by atoms with Gasteiger partial charge in [0.25, 0.3) is 0 Å². The lowest BCUT2D eigenvalue weighted by molar-refractivity contribution is -0.122. The number of nitrogens with two attached hydrogens (primary N) is 1. The summed E-state index contributed by atoms with van der Waals surface area (Å²) in [5, 5.41) is 3.10. The summed E-state index contributed by atoms with van der Waals surface area (Å²) in [4.78, 5) is 11.8. The van der Waals surface area contributed by atoms with Crippen molar-refractivity contribution >= 4 is 5.91 Å². The van der Waals surface area contributed by atoms with Crippen LogP contribution in [0.25, 0.3) is 0 Å². The van der Waals surface area contributed by atoms with E-state index in [-0.39, 0.29) is 24.1 Å². The van der Waals surface area contributed by atoms with E-state index in [1.807, 2.05) is 0 Å². The number of carbonyl (C=O) groups excluding carboxylic acids is 1. The summed E-state index contributed by atoms with van der Waals surface area (Å²) in [6.45, 7) is 2.87. The van der Waals surface area contributed by atoms with Gasteiger partial charge >= 0.3 is 0 Å². The molecule has 1 amide bonds. The standard InChI is InChI=1S/C13H24N2O2/c1-2-3-10(14)8-12(16)15-11-6-7-17-13(11)9-4-5-9/h9-11,13H,2-8,14H2,1H3,(H,15,16). The van der Waals surface area contributed by atoms with Crippen molar-refractivity contribution < 1.29 is 9.53 Å². The maximum absolute atomic E-state index is 11.8. The molecular weight excluding hydrogens is 216 g/mol. The summed E-state index contributed by atoms with van der Waals surface area (Å²) in [7, 11) is 0. The summed E-state index contributed by atoms with van der Waals surface area (Å²) in [5.74, 6) is 0.777. The summed E-state index contributed by atoms with van der Waals surface area (Å²) in [6, 6.07) is 0.227. The van der Waals surface area contributed by atoms with Crippen molar-refractivity contribution in [3.63, 3.8) is 0 Å². The molecule has 1 aliphatic carbocycles. The van der Waals surface area contributed by atoms with E-state index in [0.717, 1.165) is 25.9 Å². The first-order chi connectivity index (χ1) is 8.20. The fourth-order valence-corrected chi connectivity index (χ4v) is 2.63. The van der Waals surface area contributed by atoms with Crippen molar-refractivity contribution in [1.29, 1.82) is 0 Å². The van der Waals surface area contributed by atoms with Gasteiger partial charge in [0, 0.05) is 19.1 Å². The van der Waals surface area contributed by atoms with Gasteiger partial charge in [-0.15, -0.1) is 0 Å². The van der Waals surface area contributed by atoms with Crippen LogP contribution in [0.3, 0.4) is 0 Å². The minimum absolute atomic E-state index is 0.00157. The summed E-state index contributed by atoms with van der Waals surface area (Å²) in [5.41, 5.74) is 5.87. The molecule has 0 aromatic heterocycles. The van der Waals surface area contributed by atoms with Gasteiger partial charge in [0.05, 0.1) is 12.1 Å². The van der Waals surface area contributed by atoms with Crippen LogP contribution in [0, 0.1) is 5.92 Å². The summed E-state index contributed by atoms with van der Waals surface area (Å²) in [6.07, 6.45) is 6.13. The number of ether oxygens (including phenoxy) is 1. The van der Waals surface area contributed by atoms with Crippen molar-refractivity contribution in [2.24, 2.45) is 11.7 Å². The highest BCUT2D eigenvalue weighted by Gasteiger charge is 2.41. The third kappa shape index (κ3) is 3.68. The Hall–Kier alpha value is -0.610. The molecular formula is C13H24N2O2. The van der Waals surface area contributed by atoms with E-state index in [1.54, 1.807) is 0 Å². The normalized spacial score (nSPS) is 30.2. The van der Waals surface area contributed by atoms with Gasteiger partial charge in [0.15, 0.2) is 0 Å². The third-order valence-corrected chi connectivity index (χ3v) is 3.68. The highest BCUT2D eigenvalue weighted by atomic mass is 16.5. The Morgan fingerprint density at radius 3 is 2.88 bits per heavy atom. The molecule has 1 heterocycles. The van der Waals surface area contributed by atoms with Gasteiger partial charge in [-0.2, -0.15) is 0 Å². The van der Waals surface area contributed by atoms with Gasteiger partial charge in [0.2, 0.25) is 5.91 Å². The molecule has 2 aliphatic rings. The van der Waals surface area contributed by atoms with Crippen molar-refractivity contribution in [3.8, 4) is 0 Å². The average Bonchev–Trinajstić information content (AvgIpc) is 3.00. The molecule has 1 saturated carbocycles. The van der Waals surface area contributed by atoms with Crippen molar-refractivity contribution in [3.05, 3.63) is 0 Å². The first-order valence-corrected chi connectivity index (χ1v) is 6.87. The topological polar surface area (TPSA) is 64.4 Å². The molecule has 0 bridgehead atoms. The molecule has 2 rings (SSSR count). The second kappa shape index (κ2) is 5.83. The van der Waals surface area contributed by atoms with Gasteiger partial charge in [0.1, 0.15) is 0 Å². The van der Waals surface area contributed by atoms with Gasteiger partial charge in [-0.25, -0.2) is 0 Å². The van der Waals surface area contributed by atoms with Crippen molar-refractivity contribution in [2.75, 3.05) is 6.61 Å². The van der Waals surface area contributed by atoms with E-state index in [0.29, 0.717) is 12.3 Å². The molecule has 3 unspecified atom stereocenters. The molecule has 0 spiro atoms. The van der Waals surface area contributed by atoms with E-state index < -0.39 is 0 Å². The minimum atomic E-state index is 0.00157. The van der Waals surface area contributed by atoms with E-state index in [2.05, 4.69) is 12.2 Å². The number of carbonyl (C=O) groups is 1. The first-order valence-electron chi connectivity index (χ1n) is 6.87. The molecule has 3 atom stereocenters. The van der Waals surface area contributed by atoms with Crippen LogP contribution in [0.2, 0.25) is 0 Å². The fourth-order valence-electron chi connectivity index (χ4n) is 2.63. The van der Waals surface area contributed by atoms with Crippen LogP contribution >= 0.6 is 0 Å². The number of nitrogens with one attached hydrogen (secondary N) is 1. The second-order valence-electron chi connectivity index (χ2n) is 5.39. The van der Waals surface area contributed by atoms with Crippen LogP contribution in [0.1, 0.15) is 45.4 Å². The zero-order valence-electron chi connectivity index (χ0n) is 10.7. The van der Waals surface area contributed by atoms with Crippen LogP contribution in [-0.4, -0.2) is 30.7 Å². The average molecular weight is 240 g/mol. The van der Waals surface area contributed by atoms with Crippen LogP contribution in [0.5, 0.6) is 0 Å². The molecule has 0 aromatic rings. The molecule has 3 N–H and O–H groups in total. The molecule has 98 valence electrons. The Balaban J connectivity index is 1.73. The second-order valence-corrected chi connectivity index (χ2v) is 5.39. The Labute approximate surface area is 103 Å². The van der Waals surface area contributed by atoms with Crippen molar-refractivity contribution in [2.45, 2.75) is 63.6 Å². The van der Waals surface area contributed by atoms with E-state index in [9.17, 15) is 4.79 Å². The Bertz CT molecular complexity index is 266. The fraction of sp³-hybridized carbons (Fsp3) is 0.923. The minimum Gasteiger partial charge on any atom is -0.376 e. The Kier molecular flexibility index (Phi) is 4.40. The molecule has 2 fully saturated rings. The highest BCUT2D eigenvalue weighted by molar-refractivity contribution is 5.77. The predicted molar refractivity (Wildman–Crippen MR) is 66.5 cm³/mol. The maximum Gasteiger partial charge on any atom is 0.221 e. The molecule has 1 saturated heterocycles. The monoisotopic (exact) mass is 240 g/mol. The number of rotatable bonds is 6. The molecule has 4 nitrogen and oxygen atoms in total. The summed E-state index contributed by atoms with van der Waals surface area (Å²) >= 11 is 0. The van der Waals surface area contributed by atoms with Crippen LogP contribution in [-0.2, 0) is 9.53 Å². The highest BCUT2D eigenvalue weighted by Crippen LogP contribution is 2.38. The van der Waals surface area contributed by atoms with Gasteiger partial charge in [-0.3, -0.25) is 4.79 Å². The molecule has 17 heavy (non-hydrogen) atoms. The quantitative estimate of drug-likeness (QED) is 0.733. The van der Waals surface area contributed by atoms with Crippen molar-refractivity contribution in [1.82, 2.24) is 5.32 Å². The zero-order chi connectivity index (χ0) is 12.3. The molecule has 0 radical (unpaired) electrons. The van der Waals surface area contributed by atoms with Gasteiger partial charge in [-0.1, -0.05) is 13.3 Å². The van der Waals surface area contributed by atoms with Crippen LogP contribution in [0.4, 0.5) is 0 Å².